The highest BCUT2D eigenvalue weighted by molar-refractivity contribution is 7.02. The first-order valence-corrected chi connectivity index (χ1v) is 16.9. The molecule has 0 spiro atoms. The van der Waals surface area contributed by atoms with Crippen LogP contribution in [0.15, 0.2) is 48.5 Å². The minimum absolute atomic E-state index is 0.183. The fourth-order valence-corrected chi connectivity index (χ4v) is 8.80. The molecule has 236 valence electrons. The Kier molecular flexibility index (Phi) is 7.39. The van der Waals surface area contributed by atoms with E-state index in [1.165, 1.54) is 66.6 Å². The Morgan fingerprint density at radius 1 is 0.510 bits per heavy atom. The number of nitriles is 2. The molecule has 0 unspecified atom stereocenters. The van der Waals surface area contributed by atoms with Crippen molar-refractivity contribution in [2.24, 2.45) is 0 Å². The van der Waals surface area contributed by atoms with Gasteiger partial charge in [-0.1, -0.05) is 50.8 Å². The molecule has 0 aliphatic carbocycles. The molecule has 5 aromatic carbocycles. The van der Waals surface area contributed by atoms with Crippen LogP contribution in [0.3, 0.4) is 0 Å². The second-order valence-electron chi connectivity index (χ2n) is 14.1. The van der Waals surface area contributed by atoms with E-state index in [0.717, 1.165) is 38.9 Å². The van der Waals surface area contributed by atoms with E-state index in [2.05, 4.69) is 121 Å². The second-order valence-corrected chi connectivity index (χ2v) is 14.1. The zero-order valence-electron chi connectivity index (χ0n) is 30.1. The molecule has 0 aromatic heterocycles. The van der Waals surface area contributed by atoms with Crippen LogP contribution < -0.4 is 37.7 Å². The predicted octanol–water partition coefficient (Wildman–Crippen LogP) is 6.19. The highest BCUT2D eigenvalue weighted by atomic mass is 15.2. The van der Waals surface area contributed by atoms with E-state index >= 15 is 0 Å². The molecule has 0 bridgehead atoms. The van der Waals surface area contributed by atoms with E-state index in [0.29, 0.717) is 16.8 Å². The molecular formula is C43H38B2N4. The first kappa shape index (κ1) is 32.1. The van der Waals surface area contributed by atoms with Crippen LogP contribution in [0.1, 0.15) is 66.8 Å². The van der Waals surface area contributed by atoms with Crippen molar-refractivity contribution in [1.29, 1.82) is 10.5 Å². The third-order valence-electron chi connectivity index (χ3n) is 12.2. The van der Waals surface area contributed by atoms with Crippen molar-refractivity contribution >= 4 is 69.0 Å². The number of hydrogen-bond acceptors (Lipinski definition) is 3. The van der Waals surface area contributed by atoms with E-state index in [1.54, 1.807) is 0 Å². The van der Waals surface area contributed by atoms with Crippen molar-refractivity contribution in [3.8, 4) is 12.1 Å². The lowest BCUT2D eigenvalue weighted by Crippen LogP contribution is -2.66. The van der Waals surface area contributed by atoms with Crippen molar-refractivity contribution in [3.63, 3.8) is 0 Å². The van der Waals surface area contributed by atoms with Gasteiger partial charge in [0.25, 0.3) is 0 Å². The summed E-state index contributed by atoms with van der Waals surface area (Å²) in [5.74, 6) is 0. The number of benzene rings is 5. The number of fused-ring (bicyclic) bond motifs is 4. The fourth-order valence-electron chi connectivity index (χ4n) is 8.80. The molecule has 2 aliphatic heterocycles. The summed E-state index contributed by atoms with van der Waals surface area (Å²) >= 11 is 0. The quantitative estimate of drug-likeness (QED) is 0.169. The lowest BCUT2D eigenvalue weighted by atomic mass is 9.29. The summed E-state index contributed by atoms with van der Waals surface area (Å²) in [5, 5.41) is 20.8. The Balaban J connectivity index is 1.70. The second kappa shape index (κ2) is 11.3. The normalized spacial score (nSPS) is 12.5. The van der Waals surface area contributed by atoms with Gasteiger partial charge in [0.15, 0.2) is 5.69 Å². The molecule has 0 N–H and O–H groups in total. The van der Waals surface area contributed by atoms with E-state index in [-0.39, 0.29) is 13.4 Å². The topological polar surface area (TPSA) is 55.2 Å². The number of nitrogens with zero attached hydrogens (tertiary/aromatic N) is 4. The molecule has 0 saturated carbocycles. The van der Waals surface area contributed by atoms with Gasteiger partial charge < -0.3 is 4.90 Å². The van der Waals surface area contributed by atoms with Crippen LogP contribution in [0.25, 0.3) is 4.85 Å². The highest BCUT2D eigenvalue weighted by Gasteiger charge is 2.45. The Hall–Kier alpha value is -5.50. The van der Waals surface area contributed by atoms with Gasteiger partial charge in [0.05, 0.1) is 29.8 Å². The van der Waals surface area contributed by atoms with Crippen LogP contribution in [0.5, 0.6) is 0 Å². The first-order chi connectivity index (χ1) is 23.4. The third kappa shape index (κ3) is 4.36. The van der Waals surface area contributed by atoms with Gasteiger partial charge >= 0.3 is 0 Å². The SMILES string of the molecule is [C-]#[N+]c1ccc2c(c1)B(c1c(C)c(C)c(C)c(C)c1C)c1cc(C#N)cc3c1N2c1ccc(C#N)cc1B3c1c(C)c(C)c(C)c(C)c1C. The molecule has 5 aromatic rings. The van der Waals surface area contributed by atoms with Gasteiger partial charge in [0, 0.05) is 17.1 Å². The van der Waals surface area contributed by atoms with Gasteiger partial charge in [0.2, 0.25) is 13.4 Å². The number of anilines is 3. The van der Waals surface area contributed by atoms with Crippen LogP contribution in [-0.2, 0) is 0 Å². The predicted molar refractivity (Wildman–Crippen MR) is 206 cm³/mol. The molecule has 49 heavy (non-hydrogen) atoms. The fraction of sp³-hybridized carbons (Fsp3) is 0.233. The van der Waals surface area contributed by atoms with Crippen LogP contribution in [0.2, 0.25) is 0 Å². The molecule has 6 heteroatoms. The zero-order chi connectivity index (χ0) is 35.2. The van der Waals surface area contributed by atoms with Crippen molar-refractivity contribution in [3.05, 3.63) is 127 Å². The minimum Gasteiger partial charge on any atom is -0.313 e. The van der Waals surface area contributed by atoms with Crippen molar-refractivity contribution < 1.29 is 0 Å². The number of rotatable bonds is 2. The summed E-state index contributed by atoms with van der Waals surface area (Å²) in [6.45, 7) is 29.7. The monoisotopic (exact) mass is 632 g/mol. The molecule has 2 heterocycles. The molecule has 0 amide bonds. The Morgan fingerprint density at radius 2 is 0.898 bits per heavy atom. The summed E-state index contributed by atoms with van der Waals surface area (Å²) in [6.07, 6.45) is 0. The summed E-state index contributed by atoms with van der Waals surface area (Å²) in [7, 11) is 0. The van der Waals surface area contributed by atoms with Gasteiger partial charge in [-0.2, -0.15) is 10.5 Å². The number of hydrogen-bond donors (Lipinski definition) is 0. The van der Waals surface area contributed by atoms with Gasteiger partial charge in [-0.15, -0.1) is 0 Å². The van der Waals surface area contributed by atoms with Crippen molar-refractivity contribution in [2.45, 2.75) is 69.2 Å². The van der Waals surface area contributed by atoms with Gasteiger partial charge in [-0.05, 0) is 155 Å². The van der Waals surface area contributed by atoms with Crippen molar-refractivity contribution in [2.75, 3.05) is 4.90 Å². The van der Waals surface area contributed by atoms with E-state index in [1.807, 2.05) is 18.2 Å². The molecular weight excluding hydrogens is 594 g/mol. The van der Waals surface area contributed by atoms with Crippen LogP contribution in [0.4, 0.5) is 22.7 Å². The van der Waals surface area contributed by atoms with Gasteiger partial charge in [-0.3, -0.25) is 0 Å². The largest absolute Gasteiger partial charge is 0.313 e. The summed E-state index contributed by atoms with van der Waals surface area (Å²) in [5.41, 5.74) is 24.4. The summed E-state index contributed by atoms with van der Waals surface area (Å²) < 4.78 is 0. The molecule has 0 saturated heterocycles. The Morgan fingerprint density at radius 3 is 1.33 bits per heavy atom. The maximum Gasteiger partial charge on any atom is 0.247 e. The lowest BCUT2D eigenvalue weighted by Gasteiger charge is -2.45. The molecule has 0 fully saturated rings. The van der Waals surface area contributed by atoms with Crippen molar-refractivity contribution in [1.82, 2.24) is 0 Å². The molecule has 0 radical (unpaired) electrons. The molecule has 7 rings (SSSR count). The standard InChI is InChI=1S/C43H38B2N4/c1-22-24(3)28(7)41(29(8)25(22)4)44-35-16-32(20-46)12-14-39(35)49-40-15-13-34(48-11)19-36(40)45(38-18-33(21-47)17-37(44)43(38)49)42-30(9)26(5)23(2)27(6)31(42)10/h12-19H,1-10H3. The van der Waals surface area contributed by atoms with E-state index in [4.69, 9.17) is 6.57 Å². The van der Waals surface area contributed by atoms with Crippen LogP contribution in [-0.4, -0.2) is 13.4 Å². The molecule has 4 nitrogen and oxygen atoms in total. The van der Waals surface area contributed by atoms with Crippen LogP contribution >= 0.6 is 0 Å². The van der Waals surface area contributed by atoms with E-state index in [9.17, 15) is 10.5 Å². The van der Waals surface area contributed by atoms with E-state index < -0.39 is 0 Å². The first-order valence-electron chi connectivity index (χ1n) is 16.9. The maximum atomic E-state index is 10.6. The Bertz CT molecular complexity index is 2230. The van der Waals surface area contributed by atoms with Crippen LogP contribution in [0, 0.1) is 98.5 Å². The van der Waals surface area contributed by atoms with Gasteiger partial charge in [0.1, 0.15) is 0 Å². The highest BCUT2D eigenvalue weighted by Crippen LogP contribution is 2.39. The lowest BCUT2D eigenvalue weighted by molar-refractivity contribution is 1.19. The summed E-state index contributed by atoms with van der Waals surface area (Å²) in [4.78, 5) is 6.22. The molecule has 2 aliphatic rings. The van der Waals surface area contributed by atoms with Gasteiger partial charge in [-0.25, -0.2) is 4.85 Å². The average Bonchev–Trinajstić information content (AvgIpc) is 3.12. The minimum atomic E-state index is -0.187. The third-order valence-corrected chi connectivity index (χ3v) is 12.2. The Labute approximate surface area is 291 Å². The smallest absolute Gasteiger partial charge is 0.247 e. The maximum absolute atomic E-state index is 10.6. The summed E-state index contributed by atoms with van der Waals surface area (Å²) in [6, 6.07) is 21.2. The average molecular weight is 632 g/mol. The molecule has 0 atom stereocenters. The zero-order valence-corrected chi connectivity index (χ0v) is 30.1.